The summed E-state index contributed by atoms with van der Waals surface area (Å²) >= 11 is 0. The van der Waals surface area contributed by atoms with Gasteiger partial charge in [-0.1, -0.05) is 0 Å². The van der Waals surface area contributed by atoms with Crippen molar-refractivity contribution in [3.63, 3.8) is 0 Å². The van der Waals surface area contributed by atoms with Crippen LogP contribution in [0.25, 0.3) is 0 Å². The van der Waals surface area contributed by atoms with E-state index in [0.717, 1.165) is 32.2 Å². The highest BCUT2D eigenvalue weighted by atomic mass is 16.2. The average Bonchev–Trinajstić information content (AvgIpc) is 2.53. The number of hydrogen-bond acceptors (Lipinski definition) is 3. The first kappa shape index (κ1) is 14.0. The lowest BCUT2D eigenvalue weighted by Crippen LogP contribution is -2.61. The van der Waals surface area contributed by atoms with E-state index in [-0.39, 0.29) is 17.4 Å². The molecule has 5 heteroatoms. The van der Waals surface area contributed by atoms with Gasteiger partial charge in [0.1, 0.15) is 0 Å². The molecule has 0 unspecified atom stereocenters. The molecule has 2 saturated heterocycles. The summed E-state index contributed by atoms with van der Waals surface area (Å²) in [5.74, 6) is 0.227. The molecule has 0 radical (unpaired) electrons. The standard InChI is InChI=1S/C16H21N3O2/c1-18-14(20)6-2-7-16(18)8-4-10-19(12-16)15(21)13-5-3-9-17-11-13/h3,5,9,11H,2,4,6-8,10,12H2,1H3/t16-/m1/s1. The molecule has 1 spiro atoms. The Hall–Kier alpha value is -1.91. The topological polar surface area (TPSA) is 53.5 Å². The summed E-state index contributed by atoms with van der Waals surface area (Å²) in [6.45, 7) is 1.40. The average molecular weight is 287 g/mol. The van der Waals surface area contributed by atoms with Gasteiger partial charge in [0.05, 0.1) is 11.1 Å². The van der Waals surface area contributed by atoms with E-state index < -0.39 is 0 Å². The summed E-state index contributed by atoms with van der Waals surface area (Å²) in [6, 6.07) is 3.58. The van der Waals surface area contributed by atoms with Gasteiger partial charge in [-0.3, -0.25) is 14.6 Å². The number of carbonyl (C=O) groups excluding carboxylic acids is 2. The summed E-state index contributed by atoms with van der Waals surface area (Å²) in [5, 5.41) is 0. The van der Waals surface area contributed by atoms with E-state index in [2.05, 4.69) is 4.98 Å². The molecule has 2 aliphatic rings. The third-order valence-electron chi connectivity index (χ3n) is 4.87. The maximum Gasteiger partial charge on any atom is 0.255 e. The highest BCUT2D eigenvalue weighted by Crippen LogP contribution is 2.35. The van der Waals surface area contributed by atoms with Crippen molar-refractivity contribution in [2.45, 2.75) is 37.6 Å². The van der Waals surface area contributed by atoms with E-state index >= 15 is 0 Å². The number of amides is 2. The van der Waals surface area contributed by atoms with Crippen LogP contribution in [0.15, 0.2) is 24.5 Å². The van der Waals surface area contributed by atoms with Crippen LogP contribution in [0.4, 0.5) is 0 Å². The molecule has 2 fully saturated rings. The van der Waals surface area contributed by atoms with Gasteiger partial charge in [0.15, 0.2) is 0 Å². The van der Waals surface area contributed by atoms with Crippen LogP contribution in [0, 0.1) is 0 Å². The maximum atomic E-state index is 12.6. The Labute approximate surface area is 124 Å². The molecule has 0 aromatic carbocycles. The van der Waals surface area contributed by atoms with E-state index in [1.54, 1.807) is 24.5 Å². The van der Waals surface area contributed by atoms with Crippen molar-refractivity contribution in [3.05, 3.63) is 30.1 Å². The van der Waals surface area contributed by atoms with E-state index in [4.69, 9.17) is 0 Å². The third-order valence-corrected chi connectivity index (χ3v) is 4.87. The van der Waals surface area contributed by atoms with E-state index in [0.29, 0.717) is 18.5 Å². The quantitative estimate of drug-likeness (QED) is 0.790. The van der Waals surface area contributed by atoms with Gasteiger partial charge in [0, 0.05) is 39.0 Å². The lowest BCUT2D eigenvalue weighted by atomic mass is 9.80. The second-order valence-electron chi connectivity index (χ2n) is 6.10. The molecule has 2 amide bonds. The van der Waals surface area contributed by atoms with Crippen LogP contribution in [0.3, 0.4) is 0 Å². The van der Waals surface area contributed by atoms with Crippen LogP contribution in [-0.4, -0.2) is 52.3 Å². The van der Waals surface area contributed by atoms with Gasteiger partial charge in [-0.05, 0) is 37.8 Å². The predicted octanol–water partition coefficient (Wildman–Crippen LogP) is 1.70. The molecular formula is C16H21N3O2. The van der Waals surface area contributed by atoms with Gasteiger partial charge >= 0.3 is 0 Å². The number of carbonyl (C=O) groups is 2. The van der Waals surface area contributed by atoms with Gasteiger partial charge < -0.3 is 9.80 Å². The number of pyridine rings is 1. The fourth-order valence-electron chi connectivity index (χ4n) is 3.60. The number of likely N-dealkylation sites (N-methyl/N-ethyl adjacent to an activating group) is 1. The van der Waals surface area contributed by atoms with Gasteiger partial charge in [0.2, 0.25) is 5.91 Å². The zero-order valence-corrected chi connectivity index (χ0v) is 12.4. The summed E-state index contributed by atoms with van der Waals surface area (Å²) in [4.78, 5) is 32.4. The van der Waals surface area contributed by atoms with Crippen molar-refractivity contribution >= 4 is 11.8 Å². The Morgan fingerprint density at radius 1 is 1.33 bits per heavy atom. The summed E-state index contributed by atoms with van der Waals surface area (Å²) in [6.07, 6.45) is 7.77. The van der Waals surface area contributed by atoms with Crippen LogP contribution in [0.2, 0.25) is 0 Å². The Bertz CT molecular complexity index is 542. The fourth-order valence-corrected chi connectivity index (χ4v) is 3.60. The first-order valence-electron chi connectivity index (χ1n) is 7.58. The van der Waals surface area contributed by atoms with Crippen LogP contribution in [0.1, 0.15) is 42.5 Å². The van der Waals surface area contributed by atoms with Crippen LogP contribution in [0.5, 0.6) is 0 Å². The van der Waals surface area contributed by atoms with E-state index in [1.807, 2.05) is 16.8 Å². The van der Waals surface area contributed by atoms with Crippen LogP contribution in [-0.2, 0) is 4.79 Å². The minimum Gasteiger partial charge on any atom is -0.338 e. The number of nitrogens with zero attached hydrogens (tertiary/aromatic N) is 3. The molecule has 0 saturated carbocycles. The van der Waals surface area contributed by atoms with Crippen molar-refractivity contribution in [1.82, 2.24) is 14.8 Å². The van der Waals surface area contributed by atoms with Crippen molar-refractivity contribution < 1.29 is 9.59 Å². The molecule has 0 N–H and O–H groups in total. The minimum absolute atomic E-state index is 0.0218. The van der Waals surface area contributed by atoms with Crippen molar-refractivity contribution in [2.24, 2.45) is 0 Å². The number of likely N-dealkylation sites (tertiary alicyclic amines) is 2. The molecule has 2 aliphatic heterocycles. The minimum atomic E-state index is -0.161. The van der Waals surface area contributed by atoms with E-state index in [1.165, 1.54) is 0 Å². The van der Waals surface area contributed by atoms with Crippen molar-refractivity contribution in [2.75, 3.05) is 20.1 Å². The Morgan fingerprint density at radius 3 is 2.90 bits per heavy atom. The largest absolute Gasteiger partial charge is 0.338 e. The highest BCUT2D eigenvalue weighted by molar-refractivity contribution is 5.94. The molecule has 0 bridgehead atoms. The molecule has 1 aromatic rings. The third kappa shape index (κ3) is 2.52. The molecule has 1 aromatic heterocycles. The Balaban J connectivity index is 1.80. The van der Waals surface area contributed by atoms with Crippen molar-refractivity contribution in [3.8, 4) is 0 Å². The molecular weight excluding hydrogens is 266 g/mol. The van der Waals surface area contributed by atoms with Gasteiger partial charge in [-0.25, -0.2) is 0 Å². The first-order valence-corrected chi connectivity index (χ1v) is 7.58. The van der Waals surface area contributed by atoms with Gasteiger partial charge in [0.25, 0.3) is 5.91 Å². The lowest BCUT2D eigenvalue weighted by molar-refractivity contribution is -0.142. The number of rotatable bonds is 1. The van der Waals surface area contributed by atoms with Gasteiger partial charge in [-0.2, -0.15) is 0 Å². The van der Waals surface area contributed by atoms with Crippen LogP contribution < -0.4 is 0 Å². The number of hydrogen-bond donors (Lipinski definition) is 0. The highest BCUT2D eigenvalue weighted by Gasteiger charge is 2.44. The number of aromatic nitrogens is 1. The Kier molecular flexibility index (Phi) is 3.66. The maximum absolute atomic E-state index is 12.6. The molecule has 21 heavy (non-hydrogen) atoms. The van der Waals surface area contributed by atoms with Crippen molar-refractivity contribution in [1.29, 1.82) is 0 Å². The summed E-state index contributed by atoms with van der Waals surface area (Å²) in [7, 11) is 1.89. The molecule has 0 aliphatic carbocycles. The lowest BCUT2D eigenvalue weighted by Gasteiger charge is -2.50. The second-order valence-corrected chi connectivity index (χ2v) is 6.10. The molecule has 3 rings (SSSR count). The Morgan fingerprint density at radius 2 is 2.14 bits per heavy atom. The predicted molar refractivity (Wildman–Crippen MR) is 78.7 cm³/mol. The smallest absolute Gasteiger partial charge is 0.255 e. The zero-order valence-electron chi connectivity index (χ0n) is 12.4. The fraction of sp³-hybridized carbons (Fsp3) is 0.562. The van der Waals surface area contributed by atoms with Crippen LogP contribution >= 0.6 is 0 Å². The summed E-state index contributed by atoms with van der Waals surface area (Å²) < 4.78 is 0. The van der Waals surface area contributed by atoms with Gasteiger partial charge in [-0.15, -0.1) is 0 Å². The second kappa shape index (κ2) is 5.47. The number of piperidine rings is 2. The molecule has 1 atom stereocenters. The van der Waals surface area contributed by atoms with E-state index in [9.17, 15) is 9.59 Å². The SMILES string of the molecule is CN1C(=O)CCC[C@]12CCCN(C(=O)c1cccnc1)C2. The molecule has 112 valence electrons. The molecule has 3 heterocycles. The zero-order chi connectivity index (χ0) is 14.9. The normalized spacial score (nSPS) is 26.2. The molecule has 5 nitrogen and oxygen atoms in total. The monoisotopic (exact) mass is 287 g/mol. The summed E-state index contributed by atoms with van der Waals surface area (Å²) in [5.41, 5.74) is 0.463. The first-order chi connectivity index (χ1) is 10.1.